The molecule has 1 aromatic carbocycles. The fourth-order valence-electron chi connectivity index (χ4n) is 1.60. The molecule has 0 unspecified atom stereocenters. The van der Waals surface area contributed by atoms with Crippen LogP contribution in [0.25, 0.3) is 0 Å². The lowest BCUT2D eigenvalue weighted by atomic mass is 10.2. The molecule has 18 heavy (non-hydrogen) atoms. The Labute approximate surface area is 118 Å². The molecule has 0 spiro atoms. The number of aromatic nitrogens is 2. The average Bonchev–Trinajstić information content (AvgIpc) is 2.35. The number of anilines is 1. The minimum absolute atomic E-state index is 0.104. The number of hydrogen-bond acceptors (Lipinski definition) is 3. The van der Waals surface area contributed by atoms with Crippen LogP contribution in [-0.2, 0) is 6.54 Å². The highest BCUT2D eigenvalue weighted by Crippen LogP contribution is 2.22. The zero-order valence-corrected chi connectivity index (χ0v) is 12.0. The van der Waals surface area contributed by atoms with Crippen molar-refractivity contribution in [3.63, 3.8) is 0 Å². The topological polar surface area (TPSA) is 49.0 Å². The minimum Gasteiger partial charge on any atom is -0.354 e. The van der Waals surface area contributed by atoms with Crippen LogP contribution in [0.4, 0.5) is 5.82 Å². The smallest absolute Gasteiger partial charge is 0.271 e. The van der Waals surface area contributed by atoms with E-state index in [0.29, 0.717) is 12.4 Å². The zero-order chi connectivity index (χ0) is 13.1. The molecule has 0 aliphatic rings. The predicted octanol–water partition coefficient (Wildman–Crippen LogP) is 2.82. The second-order valence-electron chi connectivity index (χ2n) is 3.82. The number of nitrogens with one attached hydrogen (secondary N) is 1. The van der Waals surface area contributed by atoms with Crippen LogP contribution in [0.3, 0.4) is 0 Å². The highest BCUT2D eigenvalue weighted by atomic mass is 79.9. The van der Waals surface area contributed by atoms with Gasteiger partial charge in [0.2, 0.25) is 0 Å². The van der Waals surface area contributed by atoms with Gasteiger partial charge >= 0.3 is 0 Å². The van der Waals surface area contributed by atoms with E-state index in [9.17, 15) is 4.79 Å². The van der Waals surface area contributed by atoms with Gasteiger partial charge < -0.3 is 9.88 Å². The molecular weight excluding hydrogens is 318 g/mol. The molecule has 0 bridgehead atoms. The van der Waals surface area contributed by atoms with Crippen LogP contribution in [-0.4, -0.2) is 17.0 Å². The van der Waals surface area contributed by atoms with Gasteiger partial charge in [-0.3, -0.25) is 4.79 Å². The second-order valence-corrected chi connectivity index (χ2v) is 5.05. The van der Waals surface area contributed by atoms with E-state index in [4.69, 9.17) is 11.6 Å². The normalized spacial score (nSPS) is 10.4. The quantitative estimate of drug-likeness (QED) is 0.942. The first-order chi connectivity index (χ1) is 8.59. The summed E-state index contributed by atoms with van der Waals surface area (Å²) in [5.41, 5.74) is 0.763. The summed E-state index contributed by atoms with van der Waals surface area (Å²) in [7, 11) is 1.84. The molecule has 0 aliphatic heterocycles. The molecule has 0 amide bonds. The molecule has 6 heteroatoms. The largest absolute Gasteiger partial charge is 0.354 e. The maximum atomic E-state index is 11.4. The summed E-state index contributed by atoms with van der Waals surface area (Å²) in [6, 6.07) is 7.88. The number of benzene rings is 1. The van der Waals surface area contributed by atoms with E-state index in [1.165, 1.54) is 6.33 Å². The third kappa shape index (κ3) is 2.73. The van der Waals surface area contributed by atoms with Gasteiger partial charge in [0.05, 0.1) is 6.33 Å². The van der Waals surface area contributed by atoms with E-state index in [-0.39, 0.29) is 10.6 Å². The van der Waals surface area contributed by atoms with Crippen LogP contribution in [0, 0.1) is 0 Å². The molecule has 0 radical (unpaired) electrons. The summed E-state index contributed by atoms with van der Waals surface area (Å²) >= 11 is 9.42. The van der Waals surface area contributed by atoms with E-state index in [1.54, 1.807) is 0 Å². The molecular formula is C12H11BrClN3O. The van der Waals surface area contributed by atoms with Crippen LogP contribution in [0.2, 0.25) is 5.02 Å². The fraction of sp³-hybridized carbons (Fsp3) is 0.167. The summed E-state index contributed by atoms with van der Waals surface area (Å²) in [5.74, 6) is 0.469. The van der Waals surface area contributed by atoms with Gasteiger partial charge in [-0.1, -0.05) is 45.7 Å². The number of hydrogen-bond donors (Lipinski definition) is 1. The molecule has 2 rings (SSSR count). The van der Waals surface area contributed by atoms with Gasteiger partial charge in [-0.05, 0) is 11.6 Å². The molecule has 1 N–H and O–H groups in total. The van der Waals surface area contributed by atoms with Gasteiger partial charge in [0.1, 0.15) is 5.02 Å². The zero-order valence-electron chi connectivity index (χ0n) is 9.65. The number of nitrogens with zero attached hydrogens (tertiary/aromatic N) is 2. The Balaban J connectivity index is 2.28. The summed E-state index contributed by atoms with van der Waals surface area (Å²) in [6.45, 7) is 0.609. The van der Waals surface area contributed by atoms with Gasteiger partial charge in [-0.15, -0.1) is 0 Å². The van der Waals surface area contributed by atoms with Crippen molar-refractivity contribution in [2.75, 3.05) is 11.9 Å². The Morgan fingerprint density at radius 2 is 2.17 bits per heavy atom. The Morgan fingerprint density at radius 3 is 2.89 bits per heavy atom. The Kier molecular flexibility index (Phi) is 4.04. The Bertz CT molecular complexity index is 614. The van der Waals surface area contributed by atoms with Crippen molar-refractivity contribution in [1.82, 2.24) is 9.97 Å². The van der Waals surface area contributed by atoms with Crippen LogP contribution >= 0.6 is 27.5 Å². The molecule has 0 aliphatic carbocycles. The van der Waals surface area contributed by atoms with Crippen LogP contribution < -0.4 is 10.5 Å². The summed E-state index contributed by atoms with van der Waals surface area (Å²) in [4.78, 5) is 19.8. The Morgan fingerprint density at radius 1 is 1.44 bits per heavy atom. The van der Waals surface area contributed by atoms with E-state index in [0.717, 1.165) is 10.0 Å². The molecule has 0 fully saturated rings. The number of rotatable bonds is 3. The second kappa shape index (κ2) is 5.54. The van der Waals surface area contributed by atoms with Crippen LogP contribution in [0.5, 0.6) is 0 Å². The maximum Gasteiger partial charge on any atom is 0.271 e. The first kappa shape index (κ1) is 13.1. The molecule has 1 heterocycles. The third-order valence-corrected chi connectivity index (χ3v) is 3.62. The fourth-order valence-corrected chi connectivity index (χ4v) is 2.25. The van der Waals surface area contributed by atoms with Gasteiger partial charge in [-0.2, -0.15) is 0 Å². The van der Waals surface area contributed by atoms with Crippen LogP contribution in [0.15, 0.2) is 39.9 Å². The van der Waals surface area contributed by atoms with Crippen LogP contribution in [0.1, 0.15) is 5.56 Å². The van der Waals surface area contributed by atoms with Gasteiger partial charge in [0, 0.05) is 18.1 Å². The predicted molar refractivity (Wildman–Crippen MR) is 76.1 cm³/mol. The molecule has 0 saturated heterocycles. The SMILES string of the molecule is CN(Cc1ccccc1Br)c1nc[nH]c(=O)c1Cl. The van der Waals surface area contributed by atoms with Crippen molar-refractivity contribution < 1.29 is 0 Å². The monoisotopic (exact) mass is 327 g/mol. The first-order valence-electron chi connectivity index (χ1n) is 5.27. The van der Waals surface area contributed by atoms with E-state index < -0.39 is 0 Å². The summed E-state index contributed by atoms with van der Waals surface area (Å²) in [5, 5.41) is 0.104. The lowest BCUT2D eigenvalue weighted by molar-refractivity contribution is 0.883. The summed E-state index contributed by atoms with van der Waals surface area (Å²) < 4.78 is 1.01. The lowest BCUT2D eigenvalue weighted by Crippen LogP contribution is -2.21. The van der Waals surface area contributed by atoms with Gasteiger partial charge in [0.25, 0.3) is 5.56 Å². The summed E-state index contributed by atoms with van der Waals surface area (Å²) in [6.07, 6.45) is 1.35. The van der Waals surface area contributed by atoms with Crippen molar-refractivity contribution >= 4 is 33.3 Å². The van der Waals surface area contributed by atoms with Crippen molar-refractivity contribution in [3.8, 4) is 0 Å². The average molecular weight is 329 g/mol. The van der Waals surface area contributed by atoms with Gasteiger partial charge in [0.15, 0.2) is 5.82 Å². The Hall–Kier alpha value is -1.33. The number of halogens is 2. The molecule has 0 atom stereocenters. The van der Waals surface area contributed by atoms with Crippen molar-refractivity contribution in [2.45, 2.75) is 6.54 Å². The molecule has 4 nitrogen and oxygen atoms in total. The van der Waals surface area contributed by atoms with Crippen molar-refractivity contribution in [1.29, 1.82) is 0 Å². The van der Waals surface area contributed by atoms with E-state index in [1.807, 2.05) is 36.2 Å². The minimum atomic E-state index is -0.333. The van der Waals surface area contributed by atoms with Gasteiger partial charge in [-0.25, -0.2) is 4.98 Å². The third-order valence-electron chi connectivity index (χ3n) is 2.51. The molecule has 0 saturated carbocycles. The standard InChI is InChI=1S/C12H11BrClN3O/c1-17(6-8-4-2-3-5-9(8)13)11-10(14)12(18)16-7-15-11/h2-5,7H,6H2,1H3,(H,15,16,18). The first-order valence-corrected chi connectivity index (χ1v) is 6.44. The molecule has 94 valence electrons. The number of H-pyrrole nitrogens is 1. The highest BCUT2D eigenvalue weighted by Gasteiger charge is 2.11. The highest BCUT2D eigenvalue weighted by molar-refractivity contribution is 9.10. The lowest BCUT2D eigenvalue weighted by Gasteiger charge is -2.19. The number of aromatic amines is 1. The van der Waals surface area contributed by atoms with Crippen molar-refractivity contribution in [2.24, 2.45) is 0 Å². The maximum absolute atomic E-state index is 11.4. The van der Waals surface area contributed by atoms with E-state index >= 15 is 0 Å². The molecule has 2 aromatic rings. The van der Waals surface area contributed by atoms with Crippen molar-refractivity contribution in [3.05, 3.63) is 56.0 Å². The van der Waals surface area contributed by atoms with E-state index in [2.05, 4.69) is 25.9 Å². The molecule has 1 aromatic heterocycles.